The molecule has 2 N–H and O–H groups in total. The fourth-order valence-electron chi connectivity index (χ4n) is 3.57. The first-order valence-corrected chi connectivity index (χ1v) is 11.0. The molecule has 1 atom stereocenters. The summed E-state index contributed by atoms with van der Waals surface area (Å²) >= 11 is 0. The maximum Gasteiger partial charge on any atom is 0.262 e. The predicted octanol–water partition coefficient (Wildman–Crippen LogP) is 4.96. The molecule has 8 nitrogen and oxygen atoms in total. The molecule has 2 amide bonds. The van der Waals surface area contributed by atoms with E-state index in [1.165, 1.54) is 14.2 Å². The maximum absolute atomic E-state index is 12.8. The second kappa shape index (κ2) is 10.6. The molecule has 180 valence electrons. The van der Waals surface area contributed by atoms with E-state index in [2.05, 4.69) is 10.6 Å². The number of carbonyl (C=O) groups is 2. The minimum absolute atomic E-state index is 0.247. The van der Waals surface area contributed by atoms with Crippen LogP contribution in [0.3, 0.4) is 0 Å². The van der Waals surface area contributed by atoms with Crippen LogP contribution >= 0.6 is 0 Å². The van der Waals surface area contributed by atoms with Crippen LogP contribution in [-0.4, -0.2) is 32.6 Å². The van der Waals surface area contributed by atoms with Crippen molar-refractivity contribution in [2.75, 3.05) is 26.1 Å². The Morgan fingerprint density at radius 2 is 1.63 bits per heavy atom. The van der Waals surface area contributed by atoms with Crippen molar-refractivity contribution in [1.29, 1.82) is 0 Å². The number of ether oxygens (including phenoxy) is 3. The van der Waals surface area contributed by atoms with E-state index < -0.39 is 0 Å². The molecule has 8 heteroatoms. The van der Waals surface area contributed by atoms with E-state index >= 15 is 0 Å². The Labute approximate surface area is 202 Å². The van der Waals surface area contributed by atoms with E-state index in [0.29, 0.717) is 34.3 Å². The van der Waals surface area contributed by atoms with Gasteiger partial charge in [0.25, 0.3) is 11.8 Å². The van der Waals surface area contributed by atoms with E-state index in [1.807, 2.05) is 43.3 Å². The molecule has 0 radical (unpaired) electrons. The van der Waals surface area contributed by atoms with Gasteiger partial charge in [0.1, 0.15) is 17.1 Å². The largest absolute Gasteiger partial charge is 0.495 e. The van der Waals surface area contributed by atoms with E-state index in [9.17, 15) is 9.59 Å². The van der Waals surface area contributed by atoms with Gasteiger partial charge in [-0.2, -0.15) is 0 Å². The Morgan fingerprint density at radius 1 is 0.886 bits per heavy atom. The van der Waals surface area contributed by atoms with Gasteiger partial charge in [-0.25, -0.2) is 0 Å². The average Bonchev–Trinajstić information content (AvgIpc) is 3.32. The second-order valence-electron chi connectivity index (χ2n) is 7.78. The van der Waals surface area contributed by atoms with Gasteiger partial charge in [0, 0.05) is 10.9 Å². The second-order valence-corrected chi connectivity index (χ2v) is 7.78. The van der Waals surface area contributed by atoms with Gasteiger partial charge >= 0.3 is 0 Å². The lowest BCUT2D eigenvalue weighted by Crippen LogP contribution is -2.26. The summed E-state index contributed by atoms with van der Waals surface area (Å²) in [5, 5.41) is 6.64. The summed E-state index contributed by atoms with van der Waals surface area (Å²) in [6, 6.07) is 21.1. The topological polar surface area (TPSA) is 99.0 Å². The minimum Gasteiger partial charge on any atom is -0.495 e. The molecule has 1 aromatic heterocycles. The summed E-state index contributed by atoms with van der Waals surface area (Å²) in [5.74, 6) is 1.22. The number of amides is 2. The van der Waals surface area contributed by atoms with Crippen LogP contribution < -0.4 is 24.8 Å². The standard InChI is InChI=1S/C27H26N2O6/c1-17(24-14-18-8-4-6-10-21(18)35-24)28-27(31)19-12-13-23(25(15-19)33-3)34-16-26(30)29-20-9-5-7-11-22(20)32-2/h4-15,17H,16H2,1-3H3,(H,28,31)(H,29,30)/t17-/m0/s1. The zero-order valence-corrected chi connectivity index (χ0v) is 19.7. The van der Waals surface area contributed by atoms with Crippen molar-refractivity contribution in [3.05, 3.63) is 84.1 Å². The quantitative estimate of drug-likeness (QED) is 0.356. The van der Waals surface area contributed by atoms with Crippen molar-refractivity contribution in [3.8, 4) is 17.2 Å². The lowest BCUT2D eigenvalue weighted by Gasteiger charge is -2.14. The van der Waals surface area contributed by atoms with Gasteiger partial charge in [0.2, 0.25) is 0 Å². The Morgan fingerprint density at radius 3 is 2.40 bits per heavy atom. The zero-order chi connectivity index (χ0) is 24.8. The Kier molecular flexibility index (Phi) is 7.21. The van der Waals surface area contributed by atoms with Crippen molar-refractivity contribution in [1.82, 2.24) is 5.32 Å². The van der Waals surface area contributed by atoms with Crippen molar-refractivity contribution in [2.24, 2.45) is 0 Å². The molecule has 0 aliphatic rings. The number of benzene rings is 3. The van der Waals surface area contributed by atoms with Crippen LogP contribution in [0.25, 0.3) is 11.0 Å². The molecule has 0 unspecified atom stereocenters. The average molecular weight is 475 g/mol. The highest BCUT2D eigenvalue weighted by Gasteiger charge is 2.18. The molecule has 0 saturated heterocycles. The van der Waals surface area contributed by atoms with Crippen molar-refractivity contribution < 1.29 is 28.2 Å². The van der Waals surface area contributed by atoms with Crippen LogP contribution in [0.5, 0.6) is 17.2 Å². The normalized spacial score (nSPS) is 11.5. The van der Waals surface area contributed by atoms with Gasteiger partial charge < -0.3 is 29.3 Å². The fourth-order valence-corrected chi connectivity index (χ4v) is 3.57. The molecule has 4 aromatic rings. The number of anilines is 1. The van der Waals surface area contributed by atoms with Gasteiger partial charge in [-0.1, -0.05) is 30.3 Å². The maximum atomic E-state index is 12.8. The molecule has 1 heterocycles. The molecule has 0 aliphatic carbocycles. The summed E-state index contributed by atoms with van der Waals surface area (Å²) in [5.41, 5.74) is 1.69. The summed E-state index contributed by atoms with van der Waals surface area (Å²) in [4.78, 5) is 25.2. The van der Waals surface area contributed by atoms with Gasteiger partial charge in [-0.3, -0.25) is 9.59 Å². The fraction of sp³-hybridized carbons (Fsp3) is 0.185. The first-order valence-electron chi connectivity index (χ1n) is 11.0. The SMILES string of the molecule is COc1ccccc1NC(=O)COc1ccc(C(=O)N[C@@H](C)c2cc3ccccc3o2)cc1OC. The first kappa shape index (κ1) is 23.7. The van der Waals surface area contributed by atoms with Crippen molar-refractivity contribution in [2.45, 2.75) is 13.0 Å². The lowest BCUT2D eigenvalue weighted by molar-refractivity contribution is -0.118. The molecular formula is C27H26N2O6. The number of nitrogens with one attached hydrogen (secondary N) is 2. The molecule has 0 spiro atoms. The van der Waals surface area contributed by atoms with Crippen LogP contribution in [0.1, 0.15) is 29.1 Å². The molecule has 0 bridgehead atoms. The Bertz CT molecular complexity index is 1310. The summed E-state index contributed by atoms with van der Waals surface area (Å²) in [6.45, 7) is 1.60. The zero-order valence-electron chi connectivity index (χ0n) is 19.7. The van der Waals surface area contributed by atoms with Crippen LogP contribution in [0.2, 0.25) is 0 Å². The number of methoxy groups -OCH3 is 2. The van der Waals surface area contributed by atoms with Crippen LogP contribution in [-0.2, 0) is 4.79 Å². The molecule has 35 heavy (non-hydrogen) atoms. The Balaban J connectivity index is 1.39. The highest BCUT2D eigenvalue weighted by molar-refractivity contribution is 5.95. The summed E-state index contributed by atoms with van der Waals surface area (Å²) < 4.78 is 22.1. The van der Waals surface area contributed by atoms with Crippen molar-refractivity contribution in [3.63, 3.8) is 0 Å². The smallest absolute Gasteiger partial charge is 0.262 e. The molecule has 0 fully saturated rings. The highest BCUT2D eigenvalue weighted by Crippen LogP contribution is 2.29. The third-order valence-corrected chi connectivity index (χ3v) is 5.38. The molecule has 0 aliphatic heterocycles. The van der Waals surface area contributed by atoms with E-state index in [-0.39, 0.29) is 24.5 Å². The van der Waals surface area contributed by atoms with E-state index in [4.69, 9.17) is 18.6 Å². The van der Waals surface area contributed by atoms with Crippen LogP contribution in [0.15, 0.2) is 77.2 Å². The number of furan rings is 1. The molecule has 0 saturated carbocycles. The third kappa shape index (κ3) is 5.55. The number of fused-ring (bicyclic) bond motifs is 1. The van der Waals surface area contributed by atoms with Crippen molar-refractivity contribution >= 4 is 28.5 Å². The molecule has 4 rings (SSSR count). The Hall–Kier alpha value is -4.46. The molecule has 3 aromatic carbocycles. The minimum atomic E-state index is -0.363. The number of para-hydroxylation sites is 3. The lowest BCUT2D eigenvalue weighted by atomic mass is 10.1. The summed E-state index contributed by atoms with van der Waals surface area (Å²) in [7, 11) is 3.00. The number of hydrogen-bond donors (Lipinski definition) is 2. The number of rotatable bonds is 9. The number of hydrogen-bond acceptors (Lipinski definition) is 6. The van der Waals surface area contributed by atoms with Gasteiger partial charge in [0.15, 0.2) is 18.1 Å². The monoisotopic (exact) mass is 474 g/mol. The van der Waals surface area contributed by atoms with E-state index in [0.717, 1.165) is 11.0 Å². The third-order valence-electron chi connectivity index (χ3n) is 5.38. The van der Waals surface area contributed by atoms with Crippen LogP contribution in [0.4, 0.5) is 5.69 Å². The number of carbonyl (C=O) groups excluding carboxylic acids is 2. The van der Waals surface area contributed by atoms with Crippen LogP contribution in [0, 0.1) is 0 Å². The first-order chi connectivity index (χ1) is 17.0. The summed E-state index contributed by atoms with van der Waals surface area (Å²) in [6.07, 6.45) is 0. The van der Waals surface area contributed by atoms with Gasteiger partial charge in [-0.15, -0.1) is 0 Å². The van der Waals surface area contributed by atoms with Gasteiger partial charge in [-0.05, 0) is 49.4 Å². The highest BCUT2D eigenvalue weighted by atomic mass is 16.5. The van der Waals surface area contributed by atoms with E-state index in [1.54, 1.807) is 36.4 Å². The van der Waals surface area contributed by atoms with Gasteiger partial charge in [0.05, 0.1) is 25.9 Å². The predicted molar refractivity (Wildman–Crippen MR) is 132 cm³/mol. The molecular weight excluding hydrogens is 448 g/mol.